The van der Waals surface area contributed by atoms with Gasteiger partial charge in [-0.05, 0) is 37.0 Å². The predicted octanol–water partition coefficient (Wildman–Crippen LogP) is 1.77. The van der Waals surface area contributed by atoms with E-state index < -0.39 is 10.0 Å². The van der Waals surface area contributed by atoms with Crippen molar-refractivity contribution in [2.45, 2.75) is 37.6 Å². The maximum Gasteiger partial charge on any atom is 0.243 e. The third kappa shape index (κ3) is 5.51. The van der Waals surface area contributed by atoms with Crippen LogP contribution in [0.25, 0.3) is 0 Å². The lowest BCUT2D eigenvalue weighted by atomic mass is 10.2. The lowest BCUT2D eigenvalue weighted by Crippen LogP contribution is -2.40. The van der Waals surface area contributed by atoms with Gasteiger partial charge in [0, 0.05) is 31.4 Å². The van der Waals surface area contributed by atoms with Crippen molar-refractivity contribution in [2.75, 3.05) is 44.7 Å². The lowest BCUT2D eigenvalue weighted by molar-refractivity contribution is -0.117. The molecule has 0 bridgehead atoms. The zero-order chi connectivity index (χ0) is 19.4. The van der Waals surface area contributed by atoms with Gasteiger partial charge in [0.2, 0.25) is 15.9 Å². The zero-order valence-electron chi connectivity index (χ0n) is 16.1. The van der Waals surface area contributed by atoms with Crippen molar-refractivity contribution in [3.05, 3.63) is 24.3 Å². The molecule has 8 heteroatoms. The molecule has 1 aromatic carbocycles. The Kier molecular flexibility index (Phi) is 6.52. The molecule has 1 heterocycles. The molecule has 27 heavy (non-hydrogen) atoms. The number of carbonyl (C=O) groups is 1. The number of sulfonamides is 1. The van der Waals surface area contributed by atoms with E-state index in [1.807, 2.05) is 0 Å². The molecule has 1 aromatic rings. The molecule has 1 N–H and O–H groups in total. The summed E-state index contributed by atoms with van der Waals surface area (Å²) in [6, 6.07) is 6.99. The molecule has 0 radical (unpaired) electrons. The molecule has 2 aliphatic rings. The van der Waals surface area contributed by atoms with Gasteiger partial charge in [0.1, 0.15) is 0 Å². The summed E-state index contributed by atoms with van der Waals surface area (Å²) in [5.74, 6) is 0.392. The molecule has 7 nitrogen and oxygen atoms in total. The van der Waals surface area contributed by atoms with E-state index in [4.69, 9.17) is 4.74 Å². The van der Waals surface area contributed by atoms with Crippen LogP contribution in [0.1, 0.15) is 26.7 Å². The maximum atomic E-state index is 12.8. The fourth-order valence-corrected chi connectivity index (χ4v) is 4.76. The number of hydrogen-bond acceptors (Lipinski definition) is 5. The van der Waals surface area contributed by atoms with Gasteiger partial charge in [0.25, 0.3) is 0 Å². The second-order valence-electron chi connectivity index (χ2n) is 7.65. The highest BCUT2D eigenvalue weighted by atomic mass is 32.2. The first-order chi connectivity index (χ1) is 12.9. The predicted molar refractivity (Wildman–Crippen MR) is 104 cm³/mol. The average molecular weight is 396 g/mol. The van der Waals surface area contributed by atoms with E-state index in [1.54, 1.807) is 18.2 Å². The number of nitrogens with zero attached hydrogens (tertiary/aromatic N) is 2. The third-order valence-electron chi connectivity index (χ3n) is 4.74. The smallest absolute Gasteiger partial charge is 0.243 e. The average Bonchev–Trinajstić information content (AvgIpc) is 3.47. The van der Waals surface area contributed by atoms with E-state index in [0.717, 1.165) is 19.4 Å². The summed E-state index contributed by atoms with van der Waals surface area (Å²) >= 11 is 0. The Labute approximate surface area is 161 Å². The number of nitrogens with one attached hydrogen (secondary N) is 1. The minimum Gasteiger partial charge on any atom is -0.379 e. The molecule has 1 aliphatic carbocycles. The molecule has 2 fully saturated rings. The second kappa shape index (κ2) is 8.68. The number of carbonyl (C=O) groups excluding carboxylic acids is 1. The minimum atomic E-state index is -3.57. The number of hydrogen-bond donors (Lipinski definition) is 1. The van der Waals surface area contributed by atoms with Crippen molar-refractivity contribution in [2.24, 2.45) is 5.92 Å². The van der Waals surface area contributed by atoms with Gasteiger partial charge in [-0.3, -0.25) is 9.69 Å². The summed E-state index contributed by atoms with van der Waals surface area (Å²) < 4.78 is 32.2. The van der Waals surface area contributed by atoms with Crippen LogP contribution in [0.15, 0.2) is 29.2 Å². The van der Waals surface area contributed by atoms with Crippen molar-refractivity contribution >= 4 is 21.6 Å². The van der Waals surface area contributed by atoms with Crippen LogP contribution in [-0.4, -0.2) is 69.0 Å². The maximum absolute atomic E-state index is 12.8. The van der Waals surface area contributed by atoms with Crippen molar-refractivity contribution in [3.8, 4) is 0 Å². The van der Waals surface area contributed by atoms with Gasteiger partial charge in [-0.2, -0.15) is 4.31 Å². The number of benzene rings is 1. The number of anilines is 1. The molecule has 1 aliphatic heterocycles. The summed E-state index contributed by atoms with van der Waals surface area (Å²) in [7, 11) is -3.57. The third-order valence-corrected chi connectivity index (χ3v) is 6.63. The fraction of sp³-hybridized carbons (Fsp3) is 0.632. The number of ether oxygens (including phenoxy) is 1. The first-order valence-corrected chi connectivity index (χ1v) is 11.0. The van der Waals surface area contributed by atoms with Crippen molar-refractivity contribution in [1.29, 1.82) is 0 Å². The Morgan fingerprint density at radius 2 is 2.00 bits per heavy atom. The van der Waals surface area contributed by atoms with Crippen molar-refractivity contribution in [1.82, 2.24) is 9.21 Å². The number of amides is 1. The van der Waals surface area contributed by atoms with E-state index in [1.165, 1.54) is 10.4 Å². The number of morpholine rings is 1. The van der Waals surface area contributed by atoms with Gasteiger partial charge in [-0.15, -0.1) is 0 Å². The SMILES string of the molecule is CC(C)CN(CC(=O)Nc1cccc(S(=O)(=O)N2CCOCC2)c1)C1CC1. The van der Waals surface area contributed by atoms with Crippen LogP contribution in [0.5, 0.6) is 0 Å². The summed E-state index contributed by atoms with van der Waals surface area (Å²) in [5.41, 5.74) is 0.509. The van der Waals surface area contributed by atoms with Crippen molar-refractivity contribution in [3.63, 3.8) is 0 Å². The van der Waals surface area contributed by atoms with Gasteiger partial charge in [0.15, 0.2) is 0 Å². The minimum absolute atomic E-state index is 0.108. The van der Waals surface area contributed by atoms with E-state index in [0.29, 0.717) is 50.5 Å². The van der Waals surface area contributed by atoms with Crippen LogP contribution < -0.4 is 5.32 Å². The summed E-state index contributed by atoms with van der Waals surface area (Å²) in [6.45, 7) is 7.04. The zero-order valence-corrected chi connectivity index (χ0v) is 16.9. The van der Waals surface area contributed by atoms with Crippen LogP contribution in [0.2, 0.25) is 0 Å². The van der Waals surface area contributed by atoms with Crippen LogP contribution >= 0.6 is 0 Å². The molecule has 0 spiro atoms. The number of rotatable bonds is 8. The van der Waals surface area contributed by atoms with Gasteiger partial charge in [0.05, 0.1) is 24.7 Å². The summed E-state index contributed by atoms with van der Waals surface area (Å²) in [5, 5.41) is 2.86. The van der Waals surface area contributed by atoms with Crippen LogP contribution in [0.4, 0.5) is 5.69 Å². The Balaban J connectivity index is 1.65. The summed E-state index contributed by atoms with van der Waals surface area (Å²) in [6.07, 6.45) is 2.29. The van der Waals surface area contributed by atoms with E-state index in [9.17, 15) is 13.2 Å². The molecule has 1 saturated heterocycles. The fourth-order valence-electron chi connectivity index (χ4n) is 3.31. The Morgan fingerprint density at radius 3 is 2.63 bits per heavy atom. The molecule has 1 saturated carbocycles. The van der Waals surface area contributed by atoms with E-state index in [-0.39, 0.29) is 10.8 Å². The van der Waals surface area contributed by atoms with Gasteiger partial charge in [-0.25, -0.2) is 8.42 Å². The Morgan fingerprint density at radius 1 is 1.30 bits per heavy atom. The normalized spacial score (nSPS) is 18.8. The molecular formula is C19H29N3O4S. The quantitative estimate of drug-likeness (QED) is 0.726. The largest absolute Gasteiger partial charge is 0.379 e. The van der Waals surface area contributed by atoms with Crippen LogP contribution in [-0.2, 0) is 19.6 Å². The molecular weight excluding hydrogens is 366 g/mol. The van der Waals surface area contributed by atoms with Crippen LogP contribution in [0.3, 0.4) is 0 Å². The first-order valence-electron chi connectivity index (χ1n) is 9.58. The topological polar surface area (TPSA) is 79.0 Å². The van der Waals surface area contributed by atoms with Crippen LogP contribution in [0, 0.1) is 5.92 Å². The highest BCUT2D eigenvalue weighted by Gasteiger charge is 2.31. The molecule has 0 unspecified atom stereocenters. The van der Waals surface area contributed by atoms with E-state index >= 15 is 0 Å². The Bertz CT molecular complexity index is 756. The molecule has 3 rings (SSSR count). The molecule has 1 amide bonds. The highest BCUT2D eigenvalue weighted by Crippen LogP contribution is 2.27. The molecule has 0 aromatic heterocycles. The monoisotopic (exact) mass is 395 g/mol. The van der Waals surface area contributed by atoms with Gasteiger partial charge < -0.3 is 10.1 Å². The summed E-state index contributed by atoms with van der Waals surface area (Å²) in [4.78, 5) is 14.9. The first kappa shape index (κ1) is 20.3. The second-order valence-corrected chi connectivity index (χ2v) is 9.58. The van der Waals surface area contributed by atoms with Crippen molar-refractivity contribution < 1.29 is 17.9 Å². The standard InChI is InChI=1S/C19H29N3O4S/c1-15(2)13-21(17-6-7-17)14-19(23)20-16-4-3-5-18(12-16)27(24,25)22-8-10-26-11-9-22/h3-5,12,15,17H,6-11,13-14H2,1-2H3,(H,20,23). The Hall–Kier alpha value is -1.48. The lowest BCUT2D eigenvalue weighted by Gasteiger charge is -2.26. The molecule has 0 atom stereocenters. The van der Waals surface area contributed by atoms with Gasteiger partial charge >= 0.3 is 0 Å². The molecule has 150 valence electrons. The van der Waals surface area contributed by atoms with E-state index in [2.05, 4.69) is 24.1 Å². The highest BCUT2D eigenvalue weighted by molar-refractivity contribution is 7.89. The van der Waals surface area contributed by atoms with Gasteiger partial charge in [-0.1, -0.05) is 19.9 Å².